The molecule has 5 nitrogen and oxygen atoms in total. The van der Waals surface area contributed by atoms with Crippen LogP contribution in [0.5, 0.6) is 5.88 Å². The van der Waals surface area contributed by atoms with Crippen LogP contribution in [-0.4, -0.2) is 37.8 Å². The molecule has 0 aliphatic rings. The van der Waals surface area contributed by atoms with Gasteiger partial charge >= 0.3 is 6.18 Å². The van der Waals surface area contributed by atoms with Crippen molar-refractivity contribution in [3.8, 4) is 5.88 Å². The van der Waals surface area contributed by atoms with Crippen molar-refractivity contribution in [2.45, 2.75) is 12.7 Å². The number of amides is 1. The number of carbonyl (C=O) groups excluding carboxylic acids is 1. The highest BCUT2D eigenvalue weighted by molar-refractivity contribution is 5.95. The molecule has 0 fully saturated rings. The zero-order valence-electron chi connectivity index (χ0n) is 13.8. The van der Waals surface area contributed by atoms with Crippen LogP contribution in [0.25, 0.3) is 0 Å². The Labute approximate surface area is 143 Å². The highest BCUT2D eigenvalue weighted by Gasteiger charge is 2.29. The number of benzene rings is 1. The summed E-state index contributed by atoms with van der Waals surface area (Å²) in [5.41, 5.74) is 1.68. The molecule has 0 saturated carbocycles. The second kappa shape index (κ2) is 7.87. The fraction of sp³-hybridized carbons (Fsp3) is 0.294. The number of halogens is 3. The molecule has 8 heteroatoms. The largest absolute Gasteiger partial charge is 0.468 e. The quantitative estimate of drug-likeness (QED) is 0.867. The number of ether oxygens (including phenoxy) is 1. The smallest absolute Gasteiger partial charge is 0.422 e. The number of anilines is 1. The second-order valence-corrected chi connectivity index (χ2v) is 5.50. The first-order chi connectivity index (χ1) is 11.8. The molecule has 0 unspecified atom stereocenters. The fourth-order valence-electron chi connectivity index (χ4n) is 2.04. The summed E-state index contributed by atoms with van der Waals surface area (Å²) in [5, 5.41) is 2.66. The minimum absolute atomic E-state index is 0.00601. The molecular formula is C17H18F3N3O2. The Hall–Kier alpha value is -2.77. The normalized spacial score (nSPS) is 11.1. The summed E-state index contributed by atoms with van der Waals surface area (Å²) in [6, 6.07) is 10.1. The van der Waals surface area contributed by atoms with E-state index in [4.69, 9.17) is 4.74 Å². The van der Waals surface area contributed by atoms with Crippen LogP contribution in [0.1, 0.15) is 15.9 Å². The Bertz CT molecular complexity index is 733. The van der Waals surface area contributed by atoms with Gasteiger partial charge in [0.05, 0.1) is 0 Å². The molecule has 134 valence electrons. The molecule has 1 aromatic carbocycles. The molecule has 0 spiro atoms. The average Bonchev–Trinajstić information content (AvgIpc) is 2.58. The van der Waals surface area contributed by atoms with E-state index < -0.39 is 12.8 Å². The van der Waals surface area contributed by atoms with E-state index in [1.807, 2.05) is 25.1 Å². The Morgan fingerprint density at radius 2 is 2.00 bits per heavy atom. The van der Waals surface area contributed by atoms with Gasteiger partial charge in [-0.1, -0.05) is 12.1 Å². The van der Waals surface area contributed by atoms with Gasteiger partial charge in [0.25, 0.3) is 5.91 Å². The Morgan fingerprint density at radius 1 is 1.24 bits per heavy atom. The van der Waals surface area contributed by atoms with Gasteiger partial charge < -0.3 is 15.0 Å². The third kappa shape index (κ3) is 5.66. The molecule has 0 bridgehead atoms. The number of carbonyl (C=O) groups is 1. The van der Waals surface area contributed by atoms with Gasteiger partial charge in [-0.25, -0.2) is 4.98 Å². The topological polar surface area (TPSA) is 54.5 Å². The van der Waals surface area contributed by atoms with Crippen LogP contribution in [-0.2, 0) is 6.54 Å². The van der Waals surface area contributed by atoms with Crippen LogP contribution in [0.2, 0.25) is 0 Å². The van der Waals surface area contributed by atoms with Gasteiger partial charge in [-0.05, 0) is 24.3 Å². The highest BCUT2D eigenvalue weighted by atomic mass is 19.4. The van der Waals surface area contributed by atoms with Crippen molar-refractivity contribution >= 4 is 11.6 Å². The first kappa shape index (κ1) is 18.6. The molecule has 0 aliphatic carbocycles. The summed E-state index contributed by atoms with van der Waals surface area (Å²) in [4.78, 5) is 17.9. The van der Waals surface area contributed by atoms with Crippen LogP contribution >= 0.6 is 0 Å². The number of aromatic nitrogens is 1. The summed E-state index contributed by atoms with van der Waals surface area (Å²) >= 11 is 0. The molecule has 1 heterocycles. The molecule has 1 aromatic heterocycles. The van der Waals surface area contributed by atoms with Crippen LogP contribution in [0.3, 0.4) is 0 Å². The van der Waals surface area contributed by atoms with Crippen molar-refractivity contribution in [1.29, 1.82) is 0 Å². The predicted octanol–water partition coefficient (Wildman–Crippen LogP) is 3.02. The number of nitrogens with one attached hydrogen (secondary N) is 1. The van der Waals surface area contributed by atoms with E-state index in [1.165, 1.54) is 6.20 Å². The van der Waals surface area contributed by atoms with Crippen LogP contribution < -0.4 is 15.0 Å². The molecule has 1 amide bonds. The zero-order valence-corrected chi connectivity index (χ0v) is 13.8. The minimum atomic E-state index is -4.45. The lowest BCUT2D eigenvalue weighted by Gasteiger charge is -2.14. The SMILES string of the molecule is CN(C)c1cccc(C(=O)NCc2cccnc2OCC(F)(F)F)c1. The van der Waals surface area contributed by atoms with E-state index in [1.54, 1.807) is 30.3 Å². The third-order valence-electron chi connectivity index (χ3n) is 3.29. The molecule has 25 heavy (non-hydrogen) atoms. The maximum atomic E-state index is 12.3. The van der Waals surface area contributed by atoms with Crippen molar-refractivity contribution in [2.75, 3.05) is 25.6 Å². The number of hydrogen-bond acceptors (Lipinski definition) is 4. The summed E-state index contributed by atoms with van der Waals surface area (Å²) in [7, 11) is 3.72. The zero-order chi connectivity index (χ0) is 18.4. The maximum Gasteiger partial charge on any atom is 0.422 e. The Balaban J connectivity index is 2.03. The molecule has 0 saturated heterocycles. The van der Waals surface area contributed by atoms with Gasteiger partial charge in [-0.3, -0.25) is 4.79 Å². The molecule has 0 radical (unpaired) electrons. The van der Waals surface area contributed by atoms with E-state index in [9.17, 15) is 18.0 Å². The summed E-state index contributed by atoms with van der Waals surface area (Å²) in [5.74, 6) is -0.489. The summed E-state index contributed by atoms with van der Waals surface area (Å²) < 4.78 is 41.6. The Morgan fingerprint density at radius 3 is 2.68 bits per heavy atom. The number of hydrogen-bond donors (Lipinski definition) is 1. The lowest BCUT2D eigenvalue weighted by Crippen LogP contribution is -2.24. The highest BCUT2D eigenvalue weighted by Crippen LogP contribution is 2.20. The lowest BCUT2D eigenvalue weighted by atomic mass is 10.1. The van der Waals surface area contributed by atoms with Gasteiger partial charge in [0.15, 0.2) is 6.61 Å². The van der Waals surface area contributed by atoms with Gasteiger partial charge in [0.1, 0.15) is 0 Å². The average molecular weight is 353 g/mol. The fourth-order valence-corrected chi connectivity index (χ4v) is 2.04. The molecule has 2 aromatic rings. The molecule has 0 aliphatic heterocycles. The van der Waals surface area contributed by atoms with Crippen molar-refractivity contribution < 1.29 is 22.7 Å². The van der Waals surface area contributed by atoms with Crippen LogP contribution in [0.15, 0.2) is 42.6 Å². The van der Waals surface area contributed by atoms with E-state index in [-0.39, 0.29) is 18.3 Å². The monoisotopic (exact) mass is 353 g/mol. The molecule has 2 rings (SSSR count). The van der Waals surface area contributed by atoms with E-state index in [0.29, 0.717) is 11.1 Å². The first-order valence-electron chi connectivity index (χ1n) is 7.45. The van der Waals surface area contributed by atoms with Crippen molar-refractivity contribution in [1.82, 2.24) is 10.3 Å². The minimum Gasteiger partial charge on any atom is -0.468 e. The molecular weight excluding hydrogens is 335 g/mol. The third-order valence-corrected chi connectivity index (χ3v) is 3.29. The standard InChI is InChI=1S/C17H18F3N3O2/c1-23(2)14-7-3-5-12(9-14)15(24)22-10-13-6-4-8-21-16(13)25-11-17(18,19)20/h3-9H,10-11H2,1-2H3,(H,22,24). The van der Waals surface area contributed by atoms with Crippen LogP contribution in [0, 0.1) is 0 Å². The van der Waals surface area contributed by atoms with Gasteiger partial charge in [-0.2, -0.15) is 13.2 Å². The van der Waals surface area contributed by atoms with Gasteiger partial charge in [-0.15, -0.1) is 0 Å². The van der Waals surface area contributed by atoms with Crippen molar-refractivity contribution in [2.24, 2.45) is 0 Å². The molecule has 0 atom stereocenters. The van der Waals surface area contributed by atoms with E-state index in [0.717, 1.165) is 5.69 Å². The van der Waals surface area contributed by atoms with Gasteiger partial charge in [0, 0.05) is 43.7 Å². The lowest BCUT2D eigenvalue weighted by molar-refractivity contribution is -0.154. The number of alkyl halides is 3. The second-order valence-electron chi connectivity index (χ2n) is 5.50. The predicted molar refractivity (Wildman–Crippen MR) is 87.7 cm³/mol. The van der Waals surface area contributed by atoms with Crippen molar-refractivity contribution in [3.63, 3.8) is 0 Å². The first-order valence-corrected chi connectivity index (χ1v) is 7.45. The number of pyridine rings is 1. The number of nitrogens with zero attached hydrogens (tertiary/aromatic N) is 2. The summed E-state index contributed by atoms with van der Waals surface area (Å²) in [6.45, 7) is -1.43. The summed E-state index contributed by atoms with van der Waals surface area (Å²) in [6.07, 6.45) is -3.12. The number of rotatable bonds is 6. The molecule has 1 N–H and O–H groups in total. The maximum absolute atomic E-state index is 12.3. The van der Waals surface area contributed by atoms with E-state index >= 15 is 0 Å². The van der Waals surface area contributed by atoms with Crippen molar-refractivity contribution in [3.05, 3.63) is 53.7 Å². The van der Waals surface area contributed by atoms with E-state index in [2.05, 4.69) is 10.3 Å². The van der Waals surface area contributed by atoms with Gasteiger partial charge in [0.2, 0.25) is 5.88 Å². The van der Waals surface area contributed by atoms with Crippen LogP contribution in [0.4, 0.5) is 18.9 Å². The Kier molecular flexibility index (Phi) is 5.84.